The average Bonchev–Trinajstić information content (AvgIpc) is 3.19. The number of nitrogens with zero attached hydrogens (tertiary/aromatic N) is 2. The van der Waals surface area contributed by atoms with E-state index in [0.717, 1.165) is 27.6 Å². The number of fused-ring (bicyclic) bond motifs is 1. The van der Waals surface area contributed by atoms with Gasteiger partial charge in [-0.3, -0.25) is 5.32 Å². The highest BCUT2D eigenvalue weighted by Crippen LogP contribution is 2.18. The molecule has 29 heavy (non-hydrogen) atoms. The molecule has 0 atom stereocenters. The van der Waals surface area contributed by atoms with Crippen LogP contribution in [0.3, 0.4) is 0 Å². The van der Waals surface area contributed by atoms with Gasteiger partial charge in [-0.1, -0.05) is 59.7 Å². The lowest BCUT2D eigenvalue weighted by atomic mass is 10.0. The molecule has 4 rings (SSSR count). The van der Waals surface area contributed by atoms with Gasteiger partial charge in [0.25, 0.3) is 0 Å². The Hall–Kier alpha value is -3.87. The zero-order chi connectivity index (χ0) is 20.1. The predicted molar refractivity (Wildman–Crippen MR) is 110 cm³/mol. The van der Waals surface area contributed by atoms with Crippen molar-refractivity contribution in [1.29, 1.82) is 0 Å². The van der Waals surface area contributed by atoms with Crippen molar-refractivity contribution in [3.63, 3.8) is 0 Å². The number of hydrogen-bond acceptors (Lipinski definition) is 5. The van der Waals surface area contributed by atoms with Gasteiger partial charge in [0.1, 0.15) is 5.75 Å². The van der Waals surface area contributed by atoms with Crippen LogP contribution in [0.4, 0.5) is 10.8 Å². The topological polar surface area (TPSA) is 89.3 Å². The van der Waals surface area contributed by atoms with Gasteiger partial charge in [-0.15, -0.1) is 5.10 Å². The van der Waals surface area contributed by atoms with E-state index in [9.17, 15) is 4.79 Å². The molecule has 1 heterocycles. The summed E-state index contributed by atoms with van der Waals surface area (Å²) in [5.41, 5.74) is 2.03. The number of methoxy groups -OCH3 is 1. The largest absolute Gasteiger partial charge is 0.497 e. The highest BCUT2D eigenvalue weighted by molar-refractivity contribution is 5.88. The normalized spacial score (nSPS) is 10.7. The summed E-state index contributed by atoms with van der Waals surface area (Å²) in [5, 5.41) is 15.5. The molecular formula is C22H20N4O3. The van der Waals surface area contributed by atoms with Crippen LogP contribution in [-0.4, -0.2) is 23.3 Å². The van der Waals surface area contributed by atoms with Gasteiger partial charge in [0.2, 0.25) is 5.89 Å². The molecule has 0 aliphatic rings. The number of aromatic nitrogens is 2. The SMILES string of the molecule is COc1ccc(Cc2nnc(NC(=O)NCc3cccc4ccccc34)o2)cc1. The second-order valence-electron chi connectivity index (χ2n) is 6.47. The molecule has 0 saturated heterocycles. The van der Waals surface area contributed by atoms with Crippen LogP contribution < -0.4 is 15.4 Å². The van der Waals surface area contributed by atoms with Crippen molar-refractivity contribution in [1.82, 2.24) is 15.5 Å². The van der Waals surface area contributed by atoms with E-state index in [2.05, 4.69) is 20.8 Å². The van der Waals surface area contributed by atoms with Gasteiger partial charge in [0.05, 0.1) is 13.5 Å². The van der Waals surface area contributed by atoms with Crippen molar-refractivity contribution < 1.29 is 13.9 Å². The summed E-state index contributed by atoms with van der Waals surface area (Å²) in [5.74, 6) is 1.20. The van der Waals surface area contributed by atoms with Crippen molar-refractivity contribution in [3.8, 4) is 5.75 Å². The Morgan fingerprint density at radius 2 is 1.79 bits per heavy atom. The molecule has 1 aromatic heterocycles. The summed E-state index contributed by atoms with van der Waals surface area (Å²) in [6.45, 7) is 0.389. The van der Waals surface area contributed by atoms with Crippen LogP contribution in [0, 0.1) is 0 Å². The number of anilines is 1. The van der Waals surface area contributed by atoms with Gasteiger partial charge in [-0.25, -0.2) is 4.79 Å². The molecule has 0 spiro atoms. The molecule has 0 saturated carbocycles. The Bertz CT molecular complexity index is 1120. The molecule has 0 radical (unpaired) electrons. The van der Waals surface area contributed by atoms with Gasteiger partial charge in [-0.05, 0) is 34.0 Å². The number of benzene rings is 3. The molecule has 4 aromatic rings. The maximum absolute atomic E-state index is 12.2. The molecule has 2 amide bonds. The lowest BCUT2D eigenvalue weighted by Crippen LogP contribution is -2.28. The fourth-order valence-corrected chi connectivity index (χ4v) is 3.06. The average molecular weight is 388 g/mol. The number of ether oxygens (including phenoxy) is 1. The lowest BCUT2D eigenvalue weighted by Gasteiger charge is -2.08. The van der Waals surface area contributed by atoms with Crippen LogP contribution in [0.1, 0.15) is 17.0 Å². The maximum Gasteiger partial charge on any atom is 0.323 e. The monoisotopic (exact) mass is 388 g/mol. The van der Waals surface area contributed by atoms with E-state index in [0.29, 0.717) is 18.9 Å². The summed E-state index contributed by atoms with van der Waals surface area (Å²) in [6, 6.07) is 21.3. The molecule has 0 fully saturated rings. The fourth-order valence-electron chi connectivity index (χ4n) is 3.06. The first kappa shape index (κ1) is 18.5. The Kier molecular flexibility index (Phi) is 5.38. The van der Waals surface area contributed by atoms with Gasteiger partial charge in [0, 0.05) is 6.54 Å². The maximum atomic E-state index is 12.2. The highest BCUT2D eigenvalue weighted by atomic mass is 16.5. The molecular weight excluding hydrogens is 368 g/mol. The Morgan fingerprint density at radius 3 is 2.62 bits per heavy atom. The highest BCUT2D eigenvalue weighted by Gasteiger charge is 2.11. The zero-order valence-corrected chi connectivity index (χ0v) is 15.9. The van der Waals surface area contributed by atoms with Crippen molar-refractivity contribution in [3.05, 3.63) is 83.7 Å². The van der Waals surface area contributed by atoms with Crippen molar-refractivity contribution in [2.24, 2.45) is 0 Å². The molecule has 146 valence electrons. The number of nitrogens with one attached hydrogen (secondary N) is 2. The lowest BCUT2D eigenvalue weighted by molar-refractivity contribution is 0.251. The van der Waals surface area contributed by atoms with Crippen molar-refractivity contribution in [2.75, 3.05) is 12.4 Å². The third-order valence-corrected chi connectivity index (χ3v) is 4.52. The number of hydrogen-bond donors (Lipinski definition) is 2. The van der Waals surface area contributed by atoms with Gasteiger partial charge in [-0.2, -0.15) is 0 Å². The Balaban J connectivity index is 1.34. The predicted octanol–water partition coefficient (Wildman–Crippen LogP) is 4.14. The molecule has 2 N–H and O–H groups in total. The number of carbonyl (C=O) groups is 1. The number of carbonyl (C=O) groups excluding carboxylic acids is 1. The summed E-state index contributed by atoms with van der Waals surface area (Å²) in [6.07, 6.45) is 0.469. The fraction of sp³-hybridized carbons (Fsp3) is 0.136. The Morgan fingerprint density at radius 1 is 1.00 bits per heavy atom. The minimum atomic E-state index is -0.405. The quantitative estimate of drug-likeness (QED) is 0.518. The molecule has 0 aliphatic heterocycles. The third kappa shape index (κ3) is 4.52. The first-order valence-electron chi connectivity index (χ1n) is 9.18. The summed E-state index contributed by atoms with van der Waals surface area (Å²) in [4.78, 5) is 12.2. The number of amides is 2. The molecule has 0 bridgehead atoms. The first-order valence-corrected chi connectivity index (χ1v) is 9.18. The number of urea groups is 1. The van der Waals surface area contributed by atoms with Gasteiger partial charge in [0.15, 0.2) is 0 Å². The Labute approximate surface area is 167 Å². The van der Waals surface area contributed by atoms with Gasteiger partial charge >= 0.3 is 12.0 Å². The standard InChI is InChI=1S/C22H20N4O3/c1-28-18-11-9-15(10-12-18)13-20-25-26-22(29-20)24-21(27)23-14-17-7-4-6-16-5-2-3-8-19(16)17/h2-12H,13-14H2,1H3,(H2,23,24,26,27). The second-order valence-corrected chi connectivity index (χ2v) is 6.47. The molecule has 0 unspecified atom stereocenters. The number of rotatable bonds is 6. The first-order chi connectivity index (χ1) is 14.2. The van der Waals surface area contributed by atoms with E-state index < -0.39 is 6.03 Å². The minimum absolute atomic E-state index is 0.0592. The van der Waals surface area contributed by atoms with Crippen molar-refractivity contribution >= 4 is 22.8 Å². The van der Waals surface area contributed by atoms with E-state index in [1.54, 1.807) is 7.11 Å². The van der Waals surface area contributed by atoms with E-state index in [1.807, 2.05) is 66.7 Å². The van der Waals surface area contributed by atoms with E-state index in [4.69, 9.17) is 9.15 Å². The summed E-state index contributed by atoms with van der Waals surface area (Å²) < 4.78 is 10.7. The van der Waals surface area contributed by atoms with E-state index in [1.165, 1.54) is 0 Å². The smallest absolute Gasteiger partial charge is 0.323 e. The molecule has 0 aliphatic carbocycles. The van der Waals surface area contributed by atoms with Crippen LogP contribution in [-0.2, 0) is 13.0 Å². The van der Waals surface area contributed by atoms with Crippen LogP contribution in [0.5, 0.6) is 5.75 Å². The van der Waals surface area contributed by atoms with E-state index in [-0.39, 0.29) is 6.01 Å². The van der Waals surface area contributed by atoms with Crippen LogP contribution >= 0.6 is 0 Å². The summed E-state index contributed by atoms with van der Waals surface area (Å²) in [7, 11) is 1.62. The molecule has 7 heteroatoms. The molecule has 3 aromatic carbocycles. The second kappa shape index (κ2) is 8.43. The third-order valence-electron chi connectivity index (χ3n) is 4.52. The van der Waals surface area contributed by atoms with Gasteiger partial charge < -0.3 is 14.5 Å². The van der Waals surface area contributed by atoms with E-state index >= 15 is 0 Å². The van der Waals surface area contributed by atoms with Crippen LogP contribution in [0.15, 0.2) is 71.1 Å². The molecule has 7 nitrogen and oxygen atoms in total. The summed E-state index contributed by atoms with van der Waals surface area (Å²) >= 11 is 0. The van der Waals surface area contributed by atoms with Crippen molar-refractivity contribution in [2.45, 2.75) is 13.0 Å². The van der Waals surface area contributed by atoms with Crippen LogP contribution in [0.25, 0.3) is 10.8 Å². The minimum Gasteiger partial charge on any atom is -0.497 e. The zero-order valence-electron chi connectivity index (χ0n) is 15.9. The van der Waals surface area contributed by atoms with Crippen LogP contribution in [0.2, 0.25) is 0 Å².